The van der Waals surface area contributed by atoms with Gasteiger partial charge in [0.15, 0.2) is 0 Å². The highest BCUT2D eigenvalue weighted by atomic mass is 16.2. The summed E-state index contributed by atoms with van der Waals surface area (Å²) >= 11 is 0. The van der Waals surface area contributed by atoms with Gasteiger partial charge in [-0.15, -0.1) is 0 Å². The Hall–Kier alpha value is -2.37. The molecule has 0 radical (unpaired) electrons. The van der Waals surface area contributed by atoms with Crippen molar-refractivity contribution in [1.29, 1.82) is 0 Å². The first-order valence-electron chi connectivity index (χ1n) is 9.25. The molecule has 2 atom stereocenters. The number of aromatic nitrogens is 3. The molecular weight excluding hydrogens is 314 g/mol. The maximum Gasteiger partial charge on any atom is 0.315 e. The molecule has 0 spiro atoms. The quantitative estimate of drug-likeness (QED) is 0.879. The summed E-state index contributed by atoms with van der Waals surface area (Å²) in [5, 5.41) is 6.14. The zero-order valence-corrected chi connectivity index (χ0v) is 14.4. The van der Waals surface area contributed by atoms with E-state index in [1.165, 1.54) is 25.7 Å². The van der Waals surface area contributed by atoms with E-state index in [1.807, 2.05) is 22.9 Å². The lowest BCUT2D eigenvalue weighted by Crippen LogP contribution is -2.44. The van der Waals surface area contributed by atoms with Crippen molar-refractivity contribution in [3.63, 3.8) is 0 Å². The van der Waals surface area contributed by atoms with Crippen LogP contribution in [0.2, 0.25) is 0 Å². The average molecular weight is 339 g/mol. The van der Waals surface area contributed by atoms with Crippen molar-refractivity contribution in [2.45, 2.75) is 51.1 Å². The number of nitrogens with zero attached hydrogens (tertiary/aromatic N) is 3. The molecule has 2 saturated carbocycles. The summed E-state index contributed by atoms with van der Waals surface area (Å²) in [6, 6.07) is 4.15. The van der Waals surface area contributed by atoms with Gasteiger partial charge < -0.3 is 10.6 Å². The van der Waals surface area contributed by atoms with E-state index in [2.05, 4.69) is 20.6 Å². The highest BCUT2D eigenvalue weighted by Gasteiger charge is 2.34. The second kappa shape index (κ2) is 7.25. The molecule has 2 fully saturated rings. The minimum Gasteiger partial charge on any atom is -0.335 e. The normalized spacial score (nSPS) is 23.2. The predicted octanol–water partition coefficient (Wildman–Crippen LogP) is 3.04. The molecule has 4 rings (SSSR count). The molecule has 25 heavy (non-hydrogen) atoms. The Kier molecular flexibility index (Phi) is 4.68. The van der Waals surface area contributed by atoms with Crippen molar-refractivity contribution in [3.8, 4) is 5.82 Å². The highest BCUT2D eigenvalue weighted by Crippen LogP contribution is 2.43. The standard InChI is InChI=1S/C19H25N5O/c25-19(23-17-3-1-2-16(11-17)15-4-5-15)22-12-14-6-7-21-18(10-14)24-9-8-20-13-24/h6-10,13,15-17H,1-5,11-12H2,(H2,22,23,25)/t16-,17+/m0/s1. The summed E-state index contributed by atoms with van der Waals surface area (Å²) in [5.74, 6) is 2.57. The van der Waals surface area contributed by atoms with Crippen LogP contribution in [-0.4, -0.2) is 26.6 Å². The van der Waals surface area contributed by atoms with Gasteiger partial charge in [-0.1, -0.05) is 12.8 Å². The topological polar surface area (TPSA) is 71.8 Å². The zero-order valence-electron chi connectivity index (χ0n) is 14.4. The molecule has 0 unspecified atom stereocenters. The first kappa shape index (κ1) is 16.1. The van der Waals surface area contributed by atoms with E-state index in [0.29, 0.717) is 12.6 Å². The number of imidazole rings is 1. The first-order chi connectivity index (χ1) is 12.3. The Bertz CT molecular complexity index is 710. The second-order valence-corrected chi connectivity index (χ2v) is 7.28. The molecule has 2 aliphatic carbocycles. The van der Waals surface area contributed by atoms with E-state index < -0.39 is 0 Å². The monoisotopic (exact) mass is 339 g/mol. The number of carbonyl (C=O) groups is 1. The second-order valence-electron chi connectivity index (χ2n) is 7.28. The lowest BCUT2D eigenvalue weighted by molar-refractivity contribution is 0.220. The smallest absolute Gasteiger partial charge is 0.315 e. The number of pyridine rings is 1. The number of amides is 2. The SMILES string of the molecule is O=C(NCc1ccnc(-n2ccnc2)c1)N[C@@H]1CCC[C@H](C2CC2)C1. The summed E-state index contributed by atoms with van der Waals surface area (Å²) in [4.78, 5) is 20.6. The summed E-state index contributed by atoms with van der Waals surface area (Å²) in [7, 11) is 0. The van der Waals surface area contributed by atoms with E-state index >= 15 is 0 Å². The molecule has 0 aromatic carbocycles. The Morgan fingerprint density at radius 3 is 2.92 bits per heavy atom. The number of nitrogens with one attached hydrogen (secondary N) is 2. The Morgan fingerprint density at radius 1 is 1.20 bits per heavy atom. The van der Waals surface area contributed by atoms with E-state index in [1.54, 1.807) is 18.7 Å². The van der Waals surface area contributed by atoms with Crippen LogP contribution in [0.5, 0.6) is 0 Å². The lowest BCUT2D eigenvalue weighted by Gasteiger charge is -2.29. The van der Waals surface area contributed by atoms with Gasteiger partial charge in [0.05, 0.1) is 0 Å². The van der Waals surface area contributed by atoms with Gasteiger partial charge in [-0.25, -0.2) is 14.8 Å². The molecule has 6 heteroatoms. The van der Waals surface area contributed by atoms with E-state index in [-0.39, 0.29) is 6.03 Å². The van der Waals surface area contributed by atoms with Gasteiger partial charge in [-0.3, -0.25) is 4.57 Å². The fraction of sp³-hybridized carbons (Fsp3) is 0.526. The van der Waals surface area contributed by atoms with Gasteiger partial charge in [0.2, 0.25) is 0 Å². The van der Waals surface area contributed by atoms with Crippen LogP contribution in [0.25, 0.3) is 5.82 Å². The highest BCUT2D eigenvalue weighted by molar-refractivity contribution is 5.74. The van der Waals surface area contributed by atoms with Crippen LogP contribution in [0.3, 0.4) is 0 Å². The van der Waals surface area contributed by atoms with Crippen LogP contribution >= 0.6 is 0 Å². The van der Waals surface area contributed by atoms with Crippen LogP contribution < -0.4 is 10.6 Å². The van der Waals surface area contributed by atoms with Gasteiger partial charge >= 0.3 is 6.03 Å². The number of hydrogen-bond donors (Lipinski definition) is 2. The molecule has 0 bridgehead atoms. The van der Waals surface area contributed by atoms with Crippen molar-refractivity contribution < 1.29 is 4.79 Å². The zero-order chi connectivity index (χ0) is 17.1. The number of rotatable bonds is 5. The van der Waals surface area contributed by atoms with Gasteiger partial charge in [0.1, 0.15) is 12.1 Å². The van der Waals surface area contributed by atoms with E-state index in [0.717, 1.165) is 36.1 Å². The molecule has 2 aliphatic rings. The molecule has 2 amide bonds. The fourth-order valence-corrected chi connectivity index (χ4v) is 3.88. The van der Waals surface area contributed by atoms with Crippen LogP contribution in [0.1, 0.15) is 44.1 Å². The molecule has 132 valence electrons. The average Bonchev–Trinajstić information content (AvgIpc) is 3.35. The third-order valence-corrected chi connectivity index (χ3v) is 5.37. The van der Waals surface area contributed by atoms with Gasteiger partial charge in [0.25, 0.3) is 0 Å². The molecule has 2 aromatic rings. The fourth-order valence-electron chi connectivity index (χ4n) is 3.88. The summed E-state index contributed by atoms with van der Waals surface area (Å²) < 4.78 is 1.85. The molecule has 0 aliphatic heterocycles. The Balaban J connectivity index is 1.28. The van der Waals surface area contributed by atoms with E-state index in [4.69, 9.17) is 0 Å². The van der Waals surface area contributed by atoms with Crippen molar-refractivity contribution >= 4 is 6.03 Å². The van der Waals surface area contributed by atoms with Crippen molar-refractivity contribution in [1.82, 2.24) is 25.2 Å². The maximum atomic E-state index is 12.2. The first-order valence-corrected chi connectivity index (χ1v) is 9.25. The Labute approximate surface area is 148 Å². The van der Waals surface area contributed by atoms with Crippen molar-refractivity contribution in [2.24, 2.45) is 11.8 Å². The predicted molar refractivity (Wildman–Crippen MR) is 95.2 cm³/mol. The third-order valence-electron chi connectivity index (χ3n) is 5.37. The van der Waals surface area contributed by atoms with Crippen LogP contribution in [-0.2, 0) is 6.54 Å². The van der Waals surface area contributed by atoms with Gasteiger partial charge in [0, 0.05) is 31.2 Å². The van der Waals surface area contributed by atoms with Crippen molar-refractivity contribution in [3.05, 3.63) is 42.6 Å². The molecular formula is C19H25N5O. The van der Waals surface area contributed by atoms with E-state index in [9.17, 15) is 4.79 Å². The largest absolute Gasteiger partial charge is 0.335 e. The van der Waals surface area contributed by atoms with Gasteiger partial charge in [-0.2, -0.15) is 0 Å². The summed E-state index contributed by atoms with van der Waals surface area (Å²) in [5.41, 5.74) is 1.02. The minimum absolute atomic E-state index is 0.0672. The van der Waals surface area contributed by atoms with Crippen molar-refractivity contribution in [2.75, 3.05) is 0 Å². The molecule has 6 nitrogen and oxygen atoms in total. The van der Waals surface area contributed by atoms with Crippen LogP contribution in [0.15, 0.2) is 37.1 Å². The number of hydrogen-bond acceptors (Lipinski definition) is 3. The van der Waals surface area contributed by atoms with Crippen LogP contribution in [0, 0.1) is 11.8 Å². The molecule has 0 saturated heterocycles. The molecule has 2 N–H and O–H groups in total. The molecule has 2 aromatic heterocycles. The maximum absolute atomic E-state index is 12.2. The van der Waals surface area contributed by atoms with Crippen LogP contribution in [0.4, 0.5) is 4.79 Å². The summed E-state index contributed by atoms with van der Waals surface area (Å²) in [6.07, 6.45) is 14.7. The van der Waals surface area contributed by atoms with Gasteiger partial charge in [-0.05, 0) is 55.2 Å². The number of urea groups is 1. The third kappa shape index (κ3) is 4.18. The number of carbonyl (C=O) groups excluding carboxylic acids is 1. The minimum atomic E-state index is -0.0672. The molecule has 2 heterocycles. The summed E-state index contributed by atoms with van der Waals surface area (Å²) in [6.45, 7) is 0.495. The lowest BCUT2D eigenvalue weighted by atomic mass is 9.83. The Morgan fingerprint density at radius 2 is 2.12 bits per heavy atom.